The lowest BCUT2D eigenvalue weighted by Gasteiger charge is -2.42. The molecule has 1 aromatic carbocycles. The molecule has 3 N–H and O–H groups in total. The molecule has 1 aliphatic carbocycles. The van der Waals surface area contributed by atoms with Gasteiger partial charge in [0.05, 0.1) is 0 Å². The number of thiol groups is 1. The van der Waals surface area contributed by atoms with Crippen molar-refractivity contribution in [2.24, 2.45) is 0 Å². The van der Waals surface area contributed by atoms with E-state index in [2.05, 4.69) is 30.1 Å². The predicted molar refractivity (Wildman–Crippen MR) is 67.6 cm³/mol. The largest absolute Gasteiger partial charge is 0.398 e. The van der Waals surface area contributed by atoms with Crippen LogP contribution in [0.15, 0.2) is 23.1 Å². The molecule has 0 aromatic heterocycles. The van der Waals surface area contributed by atoms with Crippen molar-refractivity contribution in [1.82, 2.24) is 5.32 Å². The molecule has 0 radical (unpaired) electrons. The first-order chi connectivity index (χ1) is 7.18. The quantitative estimate of drug-likeness (QED) is 0.542. The number of anilines is 1. The minimum Gasteiger partial charge on any atom is -0.398 e. The first kappa shape index (κ1) is 10.8. The smallest absolute Gasteiger partial charge is 0.0449 e. The fourth-order valence-electron chi connectivity index (χ4n) is 2.38. The van der Waals surface area contributed by atoms with Crippen molar-refractivity contribution >= 4 is 18.3 Å². The van der Waals surface area contributed by atoms with Crippen LogP contribution in [0.3, 0.4) is 0 Å². The number of hydrogen-bond acceptors (Lipinski definition) is 3. The lowest BCUT2D eigenvalue weighted by atomic mass is 9.64. The zero-order valence-electron chi connectivity index (χ0n) is 9.09. The molecule has 1 aromatic rings. The second-order valence-electron chi connectivity index (χ2n) is 4.44. The topological polar surface area (TPSA) is 38.0 Å². The summed E-state index contributed by atoms with van der Waals surface area (Å²) < 4.78 is 0. The summed E-state index contributed by atoms with van der Waals surface area (Å²) in [7, 11) is 2.01. The monoisotopic (exact) mass is 222 g/mol. The average Bonchev–Trinajstić information content (AvgIpc) is 2.16. The van der Waals surface area contributed by atoms with E-state index in [1.807, 2.05) is 13.1 Å². The van der Waals surface area contributed by atoms with Gasteiger partial charge in [-0.1, -0.05) is 12.5 Å². The number of nitrogens with one attached hydrogen (secondary N) is 1. The maximum Gasteiger partial charge on any atom is 0.0449 e. The maximum absolute atomic E-state index is 5.77. The van der Waals surface area contributed by atoms with Gasteiger partial charge in [-0.3, -0.25) is 0 Å². The maximum atomic E-state index is 5.77. The molecular weight excluding hydrogens is 204 g/mol. The minimum atomic E-state index is 0.333. The number of nitrogens with two attached hydrogens (primary N) is 1. The zero-order chi connectivity index (χ0) is 10.9. The normalized spacial score (nSPS) is 18.5. The molecule has 82 valence electrons. The fourth-order valence-corrected chi connectivity index (χ4v) is 2.60. The van der Waals surface area contributed by atoms with Crippen LogP contribution < -0.4 is 11.1 Å². The molecule has 2 rings (SSSR count). The molecule has 1 fully saturated rings. The van der Waals surface area contributed by atoms with E-state index in [9.17, 15) is 0 Å². The third-order valence-corrected chi connectivity index (χ3v) is 3.86. The van der Waals surface area contributed by atoms with Crippen molar-refractivity contribution in [2.75, 3.05) is 19.3 Å². The van der Waals surface area contributed by atoms with Crippen LogP contribution in [-0.4, -0.2) is 13.6 Å². The van der Waals surface area contributed by atoms with Gasteiger partial charge in [-0.05, 0) is 37.6 Å². The van der Waals surface area contributed by atoms with Crippen molar-refractivity contribution in [3.63, 3.8) is 0 Å². The van der Waals surface area contributed by atoms with Crippen LogP contribution in [0.5, 0.6) is 0 Å². The molecular formula is C12H18N2S. The van der Waals surface area contributed by atoms with Gasteiger partial charge in [0, 0.05) is 22.5 Å². The van der Waals surface area contributed by atoms with Gasteiger partial charge >= 0.3 is 0 Å². The highest BCUT2D eigenvalue weighted by Gasteiger charge is 2.37. The van der Waals surface area contributed by atoms with Gasteiger partial charge in [0.2, 0.25) is 0 Å². The summed E-state index contributed by atoms with van der Waals surface area (Å²) in [5.41, 5.74) is 8.25. The Bertz CT molecular complexity index is 359. The number of benzene rings is 1. The van der Waals surface area contributed by atoms with E-state index >= 15 is 0 Å². The zero-order valence-corrected chi connectivity index (χ0v) is 9.98. The lowest BCUT2D eigenvalue weighted by molar-refractivity contribution is 0.238. The van der Waals surface area contributed by atoms with Crippen LogP contribution in [0.2, 0.25) is 0 Å². The van der Waals surface area contributed by atoms with E-state index in [0.29, 0.717) is 5.41 Å². The van der Waals surface area contributed by atoms with Crippen molar-refractivity contribution in [2.45, 2.75) is 29.6 Å². The van der Waals surface area contributed by atoms with Crippen LogP contribution in [0.1, 0.15) is 24.8 Å². The molecule has 15 heavy (non-hydrogen) atoms. The summed E-state index contributed by atoms with van der Waals surface area (Å²) in [5.74, 6) is 0. The van der Waals surface area contributed by atoms with E-state index in [0.717, 1.165) is 17.1 Å². The summed E-state index contributed by atoms with van der Waals surface area (Å²) in [4.78, 5) is 0.898. The average molecular weight is 222 g/mol. The SMILES string of the molecule is CNCC1(c2ccc(N)c(S)c2)CCC1. The molecule has 0 spiro atoms. The Labute approximate surface area is 96.7 Å². The Balaban J connectivity index is 2.30. The third-order valence-electron chi connectivity index (χ3n) is 3.47. The van der Waals surface area contributed by atoms with Crippen LogP contribution in [-0.2, 0) is 5.41 Å². The summed E-state index contributed by atoms with van der Waals surface area (Å²) >= 11 is 4.39. The second kappa shape index (κ2) is 4.06. The standard InChI is InChI=1S/C12H18N2S/c1-14-8-12(5-2-6-12)9-3-4-10(13)11(15)7-9/h3-4,7,14-15H,2,5-6,8,13H2,1H3. The summed E-state index contributed by atoms with van der Waals surface area (Å²) in [6.07, 6.45) is 3.86. The highest BCUT2D eigenvalue weighted by Crippen LogP contribution is 2.44. The molecule has 0 aliphatic heterocycles. The van der Waals surface area contributed by atoms with Crippen molar-refractivity contribution in [3.05, 3.63) is 23.8 Å². The Morgan fingerprint density at radius 3 is 2.67 bits per heavy atom. The fraction of sp³-hybridized carbons (Fsp3) is 0.500. The van der Waals surface area contributed by atoms with Gasteiger partial charge in [-0.15, -0.1) is 12.6 Å². The molecule has 1 saturated carbocycles. The van der Waals surface area contributed by atoms with Crippen molar-refractivity contribution in [3.8, 4) is 0 Å². The molecule has 0 bridgehead atoms. The molecule has 0 heterocycles. The first-order valence-corrected chi connectivity index (χ1v) is 5.86. The van der Waals surface area contributed by atoms with Crippen LogP contribution in [0.4, 0.5) is 5.69 Å². The lowest BCUT2D eigenvalue weighted by Crippen LogP contribution is -2.42. The number of nitrogen functional groups attached to an aromatic ring is 1. The third kappa shape index (κ3) is 1.86. The van der Waals surface area contributed by atoms with E-state index in [-0.39, 0.29) is 0 Å². The molecule has 2 nitrogen and oxygen atoms in total. The number of hydrogen-bond donors (Lipinski definition) is 3. The highest BCUT2D eigenvalue weighted by atomic mass is 32.1. The molecule has 0 saturated heterocycles. The van der Waals surface area contributed by atoms with Gasteiger partial charge in [0.25, 0.3) is 0 Å². The summed E-state index contributed by atoms with van der Waals surface area (Å²) in [6.45, 7) is 1.05. The van der Waals surface area contributed by atoms with Gasteiger partial charge in [-0.25, -0.2) is 0 Å². The Hall–Kier alpha value is -0.670. The van der Waals surface area contributed by atoms with Gasteiger partial charge in [0.15, 0.2) is 0 Å². The van der Waals surface area contributed by atoms with E-state index in [1.165, 1.54) is 24.8 Å². The number of rotatable bonds is 3. The van der Waals surface area contributed by atoms with E-state index < -0.39 is 0 Å². The molecule has 0 amide bonds. The molecule has 0 unspecified atom stereocenters. The summed E-state index contributed by atoms with van der Waals surface area (Å²) in [5, 5.41) is 3.29. The van der Waals surface area contributed by atoms with Crippen LogP contribution in [0.25, 0.3) is 0 Å². The number of likely N-dealkylation sites (N-methyl/N-ethyl adjacent to an activating group) is 1. The van der Waals surface area contributed by atoms with Crippen LogP contribution >= 0.6 is 12.6 Å². The van der Waals surface area contributed by atoms with Gasteiger partial charge in [-0.2, -0.15) is 0 Å². The van der Waals surface area contributed by atoms with Crippen molar-refractivity contribution < 1.29 is 0 Å². The Kier molecular flexibility index (Phi) is 2.94. The highest BCUT2D eigenvalue weighted by molar-refractivity contribution is 7.80. The molecule has 3 heteroatoms. The van der Waals surface area contributed by atoms with Gasteiger partial charge < -0.3 is 11.1 Å². The predicted octanol–water partition coefficient (Wildman–Crippen LogP) is 2.20. The minimum absolute atomic E-state index is 0.333. The van der Waals surface area contributed by atoms with Crippen LogP contribution in [0, 0.1) is 0 Å². The van der Waals surface area contributed by atoms with E-state index in [1.54, 1.807) is 0 Å². The van der Waals surface area contributed by atoms with Gasteiger partial charge in [0.1, 0.15) is 0 Å². The Morgan fingerprint density at radius 1 is 1.47 bits per heavy atom. The summed E-state index contributed by atoms with van der Waals surface area (Å²) in [6, 6.07) is 6.23. The van der Waals surface area contributed by atoms with Crippen molar-refractivity contribution in [1.29, 1.82) is 0 Å². The Morgan fingerprint density at radius 2 is 2.20 bits per heavy atom. The first-order valence-electron chi connectivity index (χ1n) is 5.41. The second-order valence-corrected chi connectivity index (χ2v) is 4.92. The molecule has 1 aliphatic rings. The molecule has 0 atom stereocenters. The van der Waals surface area contributed by atoms with E-state index in [4.69, 9.17) is 5.73 Å².